The molecule has 1 atom stereocenters. The Kier molecular flexibility index (Phi) is 8.00. The number of hydrogen-bond donors (Lipinski definition) is 1. The summed E-state index contributed by atoms with van der Waals surface area (Å²) in [5.74, 6) is 0.332. The van der Waals surface area contributed by atoms with Crippen LogP contribution in [0.5, 0.6) is 0 Å². The van der Waals surface area contributed by atoms with Gasteiger partial charge in [-0.05, 0) is 49.9 Å². The topological polar surface area (TPSA) is 146 Å². The number of anilines is 1. The molecule has 3 heterocycles. The van der Waals surface area contributed by atoms with Crippen LogP contribution in [0, 0.1) is 5.92 Å². The van der Waals surface area contributed by atoms with Gasteiger partial charge in [-0.3, -0.25) is 4.79 Å². The number of amides is 1. The fraction of sp³-hybridized carbons (Fsp3) is 0.640. The first kappa shape index (κ1) is 28.0. The van der Waals surface area contributed by atoms with E-state index in [1.54, 1.807) is 4.90 Å². The minimum Gasteiger partial charge on any atom is -0.339 e. The summed E-state index contributed by atoms with van der Waals surface area (Å²) in [4.78, 5) is 21.6. The lowest BCUT2D eigenvalue weighted by Crippen LogP contribution is -2.53. The Morgan fingerprint density at radius 3 is 2.21 bits per heavy atom. The van der Waals surface area contributed by atoms with Crippen LogP contribution in [-0.2, 0) is 24.8 Å². The predicted molar refractivity (Wildman–Crippen MR) is 143 cm³/mol. The molecule has 214 valence electrons. The Labute approximate surface area is 229 Å². The molecule has 1 aromatic heterocycles. The highest BCUT2D eigenvalue weighted by molar-refractivity contribution is 7.89. The van der Waals surface area contributed by atoms with Gasteiger partial charge >= 0.3 is 6.01 Å². The molecule has 1 aliphatic carbocycles. The van der Waals surface area contributed by atoms with Gasteiger partial charge in [0.25, 0.3) is 0 Å². The maximum atomic E-state index is 13.4. The zero-order valence-corrected chi connectivity index (χ0v) is 24.0. The van der Waals surface area contributed by atoms with Crippen molar-refractivity contribution in [2.24, 2.45) is 5.92 Å². The van der Waals surface area contributed by atoms with E-state index in [4.69, 9.17) is 4.52 Å². The minimum absolute atomic E-state index is 0.0205. The summed E-state index contributed by atoms with van der Waals surface area (Å²) in [6.45, 7) is 6.51. The molecule has 0 spiro atoms. The third-order valence-electron chi connectivity index (χ3n) is 7.74. The van der Waals surface area contributed by atoms with E-state index >= 15 is 0 Å². The van der Waals surface area contributed by atoms with Gasteiger partial charge in [0.15, 0.2) is 5.82 Å². The summed E-state index contributed by atoms with van der Waals surface area (Å²) >= 11 is 0. The van der Waals surface area contributed by atoms with E-state index in [2.05, 4.69) is 14.9 Å². The molecule has 39 heavy (non-hydrogen) atoms. The van der Waals surface area contributed by atoms with Crippen LogP contribution in [-0.4, -0.2) is 87.4 Å². The number of nitrogens with one attached hydrogen (secondary N) is 1. The van der Waals surface area contributed by atoms with Crippen molar-refractivity contribution in [1.82, 2.24) is 24.1 Å². The third-order valence-corrected chi connectivity index (χ3v) is 11.2. The van der Waals surface area contributed by atoms with Crippen molar-refractivity contribution in [1.29, 1.82) is 0 Å². The zero-order valence-electron chi connectivity index (χ0n) is 22.3. The standard InChI is InChI=1S/C25H36N6O6S2/c1-18(2)23-26-25(37-27-23)30-15-13-29(14-16-30)24(32)19-5-4-12-31(17-19)39(35,36)22-10-8-21(9-11-22)38(33,34)28-20-6-3-7-20/h8-11,18-20,28H,3-7,12-17H2,1-2H3. The molecule has 1 aromatic carbocycles. The van der Waals surface area contributed by atoms with E-state index < -0.39 is 26.0 Å². The van der Waals surface area contributed by atoms with Gasteiger partial charge < -0.3 is 14.3 Å². The highest BCUT2D eigenvalue weighted by atomic mass is 32.2. The molecule has 2 aromatic rings. The normalized spacial score (nSPS) is 21.8. The Bertz CT molecular complexity index is 1380. The van der Waals surface area contributed by atoms with Gasteiger partial charge in [0.2, 0.25) is 26.0 Å². The molecular weight excluding hydrogens is 544 g/mol. The average molecular weight is 581 g/mol. The van der Waals surface area contributed by atoms with Crippen molar-refractivity contribution >= 4 is 32.0 Å². The van der Waals surface area contributed by atoms with E-state index in [1.165, 1.54) is 28.6 Å². The van der Waals surface area contributed by atoms with Gasteiger partial charge in [-0.2, -0.15) is 9.29 Å². The molecule has 0 radical (unpaired) electrons. The fourth-order valence-electron chi connectivity index (χ4n) is 5.08. The van der Waals surface area contributed by atoms with Crippen LogP contribution < -0.4 is 9.62 Å². The van der Waals surface area contributed by atoms with Crippen LogP contribution >= 0.6 is 0 Å². The SMILES string of the molecule is CC(C)c1noc(N2CCN(C(=O)C3CCCN(S(=O)(=O)c4ccc(S(=O)(=O)NC5CCC5)cc4)C3)CC2)n1. The van der Waals surface area contributed by atoms with Gasteiger partial charge in [0, 0.05) is 51.2 Å². The van der Waals surface area contributed by atoms with Gasteiger partial charge in [0.05, 0.1) is 15.7 Å². The molecule has 5 rings (SSSR count). The number of carbonyl (C=O) groups excluding carboxylic acids is 1. The molecule has 1 saturated carbocycles. The van der Waals surface area contributed by atoms with Gasteiger partial charge in [-0.1, -0.05) is 25.4 Å². The van der Waals surface area contributed by atoms with Crippen LogP contribution in [0.4, 0.5) is 6.01 Å². The molecule has 1 unspecified atom stereocenters. The number of hydrogen-bond acceptors (Lipinski definition) is 9. The van der Waals surface area contributed by atoms with Crippen molar-refractivity contribution in [2.75, 3.05) is 44.2 Å². The summed E-state index contributed by atoms with van der Waals surface area (Å²) in [7, 11) is -7.57. The fourth-order valence-corrected chi connectivity index (χ4v) is 7.91. The molecule has 3 fully saturated rings. The smallest absolute Gasteiger partial charge is 0.324 e. The molecule has 0 bridgehead atoms. The Hall–Kier alpha value is -2.55. The molecule has 14 heteroatoms. The van der Waals surface area contributed by atoms with Crippen LogP contribution in [0.3, 0.4) is 0 Å². The Balaban J connectivity index is 1.19. The first-order valence-corrected chi connectivity index (χ1v) is 16.5. The molecular formula is C25H36N6O6S2. The van der Waals surface area contributed by atoms with Crippen molar-refractivity contribution in [3.63, 3.8) is 0 Å². The van der Waals surface area contributed by atoms with Crippen molar-refractivity contribution in [3.05, 3.63) is 30.1 Å². The van der Waals surface area contributed by atoms with E-state index in [9.17, 15) is 21.6 Å². The maximum absolute atomic E-state index is 13.4. The van der Waals surface area contributed by atoms with E-state index in [-0.39, 0.29) is 34.2 Å². The van der Waals surface area contributed by atoms with Crippen molar-refractivity contribution in [2.45, 2.75) is 67.7 Å². The monoisotopic (exact) mass is 580 g/mol. The minimum atomic E-state index is -3.88. The second-order valence-corrected chi connectivity index (χ2v) is 14.5. The number of rotatable bonds is 8. The number of benzene rings is 1. The largest absolute Gasteiger partial charge is 0.339 e. The lowest BCUT2D eigenvalue weighted by atomic mass is 9.94. The Morgan fingerprint density at radius 1 is 0.949 bits per heavy atom. The first-order valence-electron chi connectivity index (χ1n) is 13.5. The predicted octanol–water partition coefficient (Wildman–Crippen LogP) is 1.77. The summed E-state index contributed by atoms with van der Waals surface area (Å²) in [5.41, 5.74) is 0. The Morgan fingerprint density at radius 2 is 1.62 bits per heavy atom. The van der Waals surface area contributed by atoms with Crippen LogP contribution in [0.1, 0.15) is 57.7 Å². The molecule has 1 N–H and O–H groups in total. The number of aromatic nitrogens is 2. The van der Waals surface area contributed by atoms with Gasteiger partial charge in [0.1, 0.15) is 0 Å². The number of sulfonamides is 2. The first-order chi connectivity index (χ1) is 18.5. The van der Waals surface area contributed by atoms with Crippen molar-refractivity contribution in [3.8, 4) is 0 Å². The lowest BCUT2D eigenvalue weighted by Gasteiger charge is -2.38. The summed E-state index contributed by atoms with van der Waals surface area (Å²) in [5, 5.41) is 4.00. The van der Waals surface area contributed by atoms with E-state index in [0.717, 1.165) is 19.3 Å². The summed E-state index contributed by atoms with van der Waals surface area (Å²) in [6.07, 6.45) is 3.82. The zero-order chi connectivity index (χ0) is 27.8. The molecule has 1 amide bonds. The molecule has 12 nitrogen and oxygen atoms in total. The highest BCUT2D eigenvalue weighted by Gasteiger charge is 2.36. The van der Waals surface area contributed by atoms with Gasteiger partial charge in [-0.15, -0.1) is 0 Å². The van der Waals surface area contributed by atoms with Crippen molar-refractivity contribution < 1.29 is 26.2 Å². The maximum Gasteiger partial charge on any atom is 0.324 e. The van der Waals surface area contributed by atoms with Crippen LogP contribution in [0.15, 0.2) is 38.6 Å². The number of nitrogens with zero attached hydrogens (tertiary/aromatic N) is 5. The summed E-state index contributed by atoms with van der Waals surface area (Å²) in [6, 6.07) is 5.72. The average Bonchev–Trinajstić information content (AvgIpc) is 3.42. The molecule has 2 saturated heterocycles. The quantitative estimate of drug-likeness (QED) is 0.494. The summed E-state index contributed by atoms with van der Waals surface area (Å²) < 4.78 is 61.3. The van der Waals surface area contributed by atoms with Gasteiger partial charge in [-0.25, -0.2) is 21.6 Å². The van der Waals surface area contributed by atoms with Crippen LogP contribution in [0.2, 0.25) is 0 Å². The molecule has 3 aliphatic rings. The second-order valence-electron chi connectivity index (χ2n) is 10.8. The molecule has 2 aliphatic heterocycles. The van der Waals surface area contributed by atoms with E-state index in [0.29, 0.717) is 57.4 Å². The number of piperazine rings is 1. The lowest BCUT2D eigenvalue weighted by molar-refractivity contribution is -0.137. The third kappa shape index (κ3) is 5.98. The number of piperidine rings is 1. The highest BCUT2D eigenvalue weighted by Crippen LogP contribution is 2.27. The number of carbonyl (C=O) groups is 1. The van der Waals surface area contributed by atoms with E-state index in [1.807, 2.05) is 18.7 Å². The second kappa shape index (κ2) is 11.1. The van der Waals surface area contributed by atoms with Crippen LogP contribution in [0.25, 0.3) is 0 Å².